The summed E-state index contributed by atoms with van der Waals surface area (Å²) >= 11 is 1.69. The summed E-state index contributed by atoms with van der Waals surface area (Å²) in [6.07, 6.45) is 4.32. The second kappa shape index (κ2) is 7.66. The lowest BCUT2D eigenvalue weighted by atomic mass is 9.96. The first-order valence-electron chi connectivity index (χ1n) is 9.90. The van der Waals surface area contributed by atoms with Crippen molar-refractivity contribution in [2.45, 2.75) is 58.6 Å². The molecule has 7 nitrogen and oxygen atoms in total. The molecule has 0 radical (unpaired) electrons. The minimum absolute atomic E-state index is 0.171. The van der Waals surface area contributed by atoms with Crippen LogP contribution in [0.15, 0.2) is 6.33 Å². The maximum Gasteiger partial charge on any atom is 0.309 e. The van der Waals surface area contributed by atoms with Gasteiger partial charge in [-0.25, -0.2) is 9.97 Å². The van der Waals surface area contributed by atoms with Crippen molar-refractivity contribution in [3.05, 3.63) is 16.8 Å². The van der Waals surface area contributed by atoms with Gasteiger partial charge in [0.15, 0.2) is 6.10 Å². The fourth-order valence-electron chi connectivity index (χ4n) is 3.60. The molecule has 0 spiro atoms. The van der Waals surface area contributed by atoms with Gasteiger partial charge in [0.2, 0.25) is 0 Å². The van der Waals surface area contributed by atoms with E-state index in [1.165, 1.54) is 10.4 Å². The molecule has 2 aromatic rings. The van der Waals surface area contributed by atoms with Gasteiger partial charge in [-0.2, -0.15) is 0 Å². The standard InChI is InChI=1S/C20H26N4O3S/c1-11-13(3)28-19-16(11)17(21-10-22-19)24-8-6-14(7-9-24)20(26)27-12(2)18(25)23-15-4-5-15/h10,12,14-15H,4-9H2,1-3H3,(H,23,25)/t12-/m0/s1. The number of fused-ring (bicyclic) bond motifs is 1. The molecule has 1 N–H and O–H groups in total. The number of hydrogen-bond acceptors (Lipinski definition) is 7. The summed E-state index contributed by atoms with van der Waals surface area (Å²) in [6, 6.07) is 0.269. The smallest absolute Gasteiger partial charge is 0.309 e. The number of carbonyl (C=O) groups is 2. The number of rotatable bonds is 5. The Bertz CT molecular complexity index is 900. The predicted octanol–water partition coefficient (Wildman–Crippen LogP) is 2.73. The Morgan fingerprint density at radius 1 is 1.21 bits per heavy atom. The molecule has 1 amide bonds. The molecular weight excluding hydrogens is 376 g/mol. The zero-order valence-corrected chi connectivity index (χ0v) is 17.3. The molecule has 2 aromatic heterocycles. The minimum Gasteiger partial charge on any atom is -0.452 e. The van der Waals surface area contributed by atoms with E-state index in [2.05, 4.69) is 34.0 Å². The molecule has 0 bridgehead atoms. The Kier molecular flexibility index (Phi) is 5.23. The first-order valence-corrected chi connectivity index (χ1v) is 10.7. The highest BCUT2D eigenvalue weighted by Crippen LogP contribution is 2.35. The summed E-state index contributed by atoms with van der Waals surface area (Å²) in [7, 11) is 0. The number of thiophene rings is 1. The van der Waals surface area contributed by atoms with Gasteiger partial charge in [-0.3, -0.25) is 9.59 Å². The number of hydrogen-bond donors (Lipinski definition) is 1. The molecule has 3 heterocycles. The van der Waals surface area contributed by atoms with E-state index in [-0.39, 0.29) is 23.8 Å². The van der Waals surface area contributed by atoms with Crippen LogP contribution in [-0.2, 0) is 14.3 Å². The number of aryl methyl sites for hydroxylation is 2. The molecule has 28 heavy (non-hydrogen) atoms. The third-order valence-electron chi connectivity index (χ3n) is 5.66. The Hall–Kier alpha value is -2.22. The van der Waals surface area contributed by atoms with Gasteiger partial charge in [-0.15, -0.1) is 11.3 Å². The lowest BCUT2D eigenvalue weighted by Gasteiger charge is -2.32. The average Bonchev–Trinajstić information content (AvgIpc) is 3.46. The Morgan fingerprint density at radius 3 is 2.61 bits per heavy atom. The van der Waals surface area contributed by atoms with Crippen LogP contribution in [0.25, 0.3) is 10.2 Å². The first-order chi connectivity index (χ1) is 13.4. The number of esters is 1. The van der Waals surface area contributed by atoms with E-state index in [1.54, 1.807) is 24.6 Å². The number of piperidine rings is 1. The summed E-state index contributed by atoms with van der Waals surface area (Å²) in [6.45, 7) is 7.34. The van der Waals surface area contributed by atoms with E-state index in [1.807, 2.05) is 0 Å². The number of anilines is 1. The number of nitrogens with one attached hydrogen (secondary N) is 1. The zero-order chi connectivity index (χ0) is 19.8. The fourth-order valence-corrected chi connectivity index (χ4v) is 4.59. The minimum atomic E-state index is -0.732. The van der Waals surface area contributed by atoms with Gasteiger partial charge in [-0.05, 0) is 52.0 Å². The summed E-state index contributed by atoms with van der Waals surface area (Å²) in [4.78, 5) is 37.9. The second-order valence-electron chi connectivity index (χ2n) is 7.78. The quantitative estimate of drug-likeness (QED) is 0.774. The molecular formula is C20H26N4O3S. The van der Waals surface area contributed by atoms with Crippen LogP contribution in [0.2, 0.25) is 0 Å². The summed E-state index contributed by atoms with van der Waals surface area (Å²) < 4.78 is 5.42. The zero-order valence-electron chi connectivity index (χ0n) is 16.5. The molecule has 2 aliphatic rings. The number of aromatic nitrogens is 2. The summed E-state index contributed by atoms with van der Waals surface area (Å²) in [5.41, 5.74) is 1.23. The molecule has 1 saturated carbocycles. The largest absolute Gasteiger partial charge is 0.452 e. The van der Waals surface area contributed by atoms with Crippen LogP contribution < -0.4 is 10.2 Å². The van der Waals surface area contributed by atoms with Crippen molar-refractivity contribution in [1.29, 1.82) is 0 Å². The van der Waals surface area contributed by atoms with Gasteiger partial charge in [0.05, 0.1) is 11.3 Å². The first kappa shape index (κ1) is 19.1. The van der Waals surface area contributed by atoms with Crippen molar-refractivity contribution in [3.63, 3.8) is 0 Å². The molecule has 8 heteroatoms. The van der Waals surface area contributed by atoms with Crippen LogP contribution in [0.3, 0.4) is 0 Å². The van der Waals surface area contributed by atoms with Crippen molar-refractivity contribution in [1.82, 2.24) is 15.3 Å². The molecule has 1 aliphatic heterocycles. The molecule has 4 rings (SSSR count). The van der Waals surface area contributed by atoms with Crippen molar-refractivity contribution >= 4 is 39.2 Å². The maximum atomic E-state index is 12.5. The third-order valence-corrected chi connectivity index (χ3v) is 6.77. The number of amides is 1. The lowest BCUT2D eigenvalue weighted by molar-refractivity contribution is -0.159. The molecule has 2 fully saturated rings. The van der Waals surface area contributed by atoms with E-state index in [0.29, 0.717) is 12.8 Å². The van der Waals surface area contributed by atoms with Crippen molar-refractivity contribution < 1.29 is 14.3 Å². The average molecular weight is 403 g/mol. The van der Waals surface area contributed by atoms with Gasteiger partial charge >= 0.3 is 5.97 Å². The van der Waals surface area contributed by atoms with E-state index < -0.39 is 6.10 Å². The normalized spacial score (nSPS) is 18.9. The van der Waals surface area contributed by atoms with Crippen LogP contribution >= 0.6 is 11.3 Å². The van der Waals surface area contributed by atoms with Gasteiger partial charge in [-0.1, -0.05) is 0 Å². The summed E-state index contributed by atoms with van der Waals surface area (Å²) in [5.74, 6) is 0.319. The second-order valence-corrected chi connectivity index (χ2v) is 8.99. The number of carbonyl (C=O) groups excluding carboxylic acids is 2. The lowest BCUT2D eigenvalue weighted by Crippen LogP contribution is -2.41. The van der Waals surface area contributed by atoms with Crippen LogP contribution in [0, 0.1) is 19.8 Å². The predicted molar refractivity (Wildman–Crippen MR) is 109 cm³/mol. The molecule has 1 aliphatic carbocycles. The van der Waals surface area contributed by atoms with Crippen molar-refractivity contribution in [2.24, 2.45) is 5.92 Å². The summed E-state index contributed by atoms with van der Waals surface area (Å²) in [5, 5.41) is 4.00. The Labute approximate surface area is 168 Å². The van der Waals surface area contributed by atoms with Crippen molar-refractivity contribution in [2.75, 3.05) is 18.0 Å². The van der Waals surface area contributed by atoms with Gasteiger partial charge in [0, 0.05) is 24.0 Å². The fraction of sp³-hybridized carbons (Fsp3) is 0.600. The van der Waals surface area contributed by atoms with E-state index in [0.717, 1.165) is 42.0 Å². The van der Waals surface area contributed by atoms with Gasteiger partial charge in [0.25, 0.3) is 5.91 Å². The Morgan fingerprint density at radius 2 is 1.93 bits per heavy atom. The Balaban J connectivity index is 1.37. The highest BCUT2D eigenvalue weighted by Gasteiger charge is 2.32. The number of ether oxygens (including phenoxy) is 1. The monoisotopic (exact) mass is 402 g/mol. The van der Waals surface area contributed by atoms with Gasteiger partial charge < -0.3 is 15.0 Å². The SMILES string of the molecule is Cc1sc2ncnc(N3CCC(C(=O)O[C@@H](C)C(=O)NC4CC4)CC3)c2c1C. The highest BCUT2D eigenvalue weighted by atomic mass is 32.1. The van der Waals surface area contributed by atoms with E-state index in [9.17, 15) is 9.59 Å². The van der Waals surface area contributed by atoms with Crippen LogP contribution in [0.1, 0.15) is 43.0 Å². The molecule has 1 saturated heterocycles. The molecule has 150 valence electrons. The molecule has 0 aromatic carbocycles. The highest BCUT2D eigenvalue weighted by molar-refractivity contribution is 7.18. The van der Waals surface area contributed by atoms with Gasteiger partial charge in [0.1, 0.15) is 17.0 Å². The number of nitrogens with zero attached hydrogens (tertiary/aromatic N) is 3. The molecule has 1 atom stereocenters. The van der Waals surface area contributed by atoms with Crippen LogP contribution in [0.4, 0.5) is 5.82 Å². The third kappa shape index (κ3) is 3.83. The van der Waals surface area contributed by atoms with E-state index >= 15 is 0 Å². The maximum absolute atomic E-state index is 12.5. The van der Waals surface area contributed by atoms with E-state index in [4.69, 9.17) is 4.74 Å². The van der Waals surface area contributed by atoms with Crippen LogP contribution in [0.5, 0.6) is 0 Å². The topological polar surface area (TPSA) is 84.4 Å². The molecule has 0 unspecified atom stereocenters. The van der Waals surface area contributed by atoms with Crippen molar-refractivity contribution in [3.8, 4) is 0 Å². The van der Waals surface area contributed by atoms with Crippen LogP contribution in [-0.4, -0.2) is 47.1 Å².